The minimum Gasteiger partial charge on any atom is -0.396 e. The van der Waals surface area contributed by atoms with Crippen molar-refractivity contribution in [1.82, 2.24) is 5.32 Å². The van der Waals surface area contributed by atoms with Gasteiger partial charge in [0.1, 0.15) is 5.82 Å². The van der Waals surface area contributed by atoms with Gasteiger partial charge in [0.15, 0.2) is 0 Å². The highest BCUT2D eigenvalue weighted by Crippen LogP contribution is 2.09. The van der Waals surface area contributed by atoms with Crippen LogP contribution in [0.25, 0.3) is 0 Å². The van der Waals surface area contributed by atoms with Crippen molar-refractivity contribution in [2.75, 3.05) is 13.2 Å². The Balaban J connectivity index is 2.40. The van der Waals surface area contributed by atoms with Crippen LogP contribution >= 0.6 is 0 Å². The number of halogens is 1. The van der Waals surface area contributed by atoms with Crippen LogP contribution < -0.4 is 5.32 Å². The predicted molar refractivity (Wildman–Crippen MR) is 63.7 cm³/mol. The van der Waals surface area contributed by atoms with Gasteiger partial charge < -0.3 is 10.4 Å². The number of aliphatic hydroxyl groups is 1. The summed E-state index contributed by atoms with van der Waals surface area (Å²) in [4.78, 5) is 0. The summed E-state index contributed by atoms with van der Waals surface area (Å²) in [5.41, 5.74) is 1.75. The van der Waals surface area contributed by atoms with Gasteiger partial charge >= 0.3 is 0 Å². The van der Waals surface area contributed by atoms with Crippen molar-refractivity contribution < 1.29 is 9.50 Å². The lowest BCUT2D eigenvalue weighted by atomic mass is 10.1. The lowest BCUT2D eigenvalue weighted by molar-refractivity contribution is 0.218. The third-order valence-corrected chi connectivity index (χ3v) is 2.82. The maximum Gasteiger partial charge on any atom is 0.126 e. The van der Waals surface area contributed by atoms with Crippen LogP contribution in [0, 0.1) is 18.7 Å². The molecule has 0 aromatic heterocycles. The van der Waals surface area contributed by atoms with E-state index in [4.69, 9.17) is 5.11 Å². The zero-order chi connectivity index (χ0) is 12.0. The first-order valence-electron chi connectivity index (χ1n) is 5.74. The summed E-state index contributed by atoms with van der Waals surface area (Å²) < 4.78 is 13.0. The molecule has 0 saturated heterocycles. The SMILES string of the molecule is CCC(CO)CNCc1ccc(F)c(C)c1. The predicted octanol–water partition coefficient (Wildman–Crippen LogP) is 2.24. The summed E-state index contributed by atoms with van der Waals surface area (Å²) in [6.45, 7) is 5.55. The van der Waals surface area contributed by atoms with Gasteiger partial charge in [0.2, 0.25) is 0 Å². The van der Waals surface area contributed by atoms with Crippen molar-refractivity contribution in [3.05, 3.63) is 35.1 Å². The number of benzene rings is 1. The molecule has 0 amide bonds. The highest BCUT2D eigenvalue weighted by Gasteiger charge is 2.04. The number of aliphatic hydroxyl groups excluding tert-OH is 1. The quantitative estimate of drug-likeness (QED) is 0.778. The van der Waals surface area contributed by atoms with Crippen LogP contribution in [0.2, 0.25) is 0 Å². The normalized spacial score (nSPS) is 12.8. The molecule has 0 aliphatic heterocycles. The maximum absolute atomic E-state index is 13.0. The third kappa shape index (κ3) is 3.91. The van der Waals surface area contributed by atoms with E-state index in [1.807, 2.05) is 6.07 Å². The summed E-state index contributed by atoms with van der Waals surface area (Å²) in [7, 11) is 0. The van der Waals surface area contributed by atoms with Gasteiger partial charge in [-0.2, -0.15) is 0 Å². The van der Waals surface area contributed by atoms with Crippen LogP contribution in [0.15, 0.2) is 18.2 Å². The van der Waals surface area contributed by atoms with Crippen molar-refractivity contribution in [3.63, 3.8) is 0 Å². The van der Waals surface area contributed by atoms with E-state index >= 15 is 0 Å². The van der Waals surface area contributed by atoms with Gasteiger partial charge in [0.25, 0.3) is 0 Å². The Kier molecular flexibility index (Phi) is 5.43. The fourth-order valence-corrected chi connectivity index (χ4v) is 1.58. The van der Waals surface area contributed by atoms with E-state index < -0.39 is 0 Å². The largest absolute Gasteiger partial charge is 0.396 e. The second kappa shape index (κ2) is 6.61. The van der Waals surface area contributed by atoms with Crippen molar-refractivity contribution in [2.24, 2.45) is 5.92 Å². The average Bonchev–Trinajstić information content (AvgIpc) is 2.29. The van der Waals surface area contributed by atoms with E-state index in [1.165, 1.54) is 6.07 Å². The molecule has 1 unspecified atom stereocenters. The molecule has 1 aromatic carbocycles. The molecule has 0 bridgehead atoms. The van der Waals surface area contributed by atoms with Crippen molar-refractivity contribution in [1.29, 1.82) is 0 Å². The second-order valence-electron chi connectivity index (χ2n) is 4.17. The summed E-state index contributed by atoms with van der Waals surface area (Å²) in [6, 6.07) is 5.13. The van der Waals surface area contributed by atoms with Crippen LogP contribution in [-0.2, 0) is 6.54 Å². The number of hydrogen-bond donors (Lipinski definition) is 2. The fourth-order valence-electron chi connectivity index (χ4n) is 1.58. The minimum atomic E-state index is -0.162. The molecule has 16 heavy (non-hydrogen) atoms. The standard InChI is InChI=1S/C13H20FNO/c1-3-11(9-16)7-15-8-12-4-5-13(14)10(2)6-12/h4-6,11,15-16H,3,7-9H2,1-2H3. The average molecular weight is 225 g/mol. The molecular weight excluding hydrogens is 205 g/mol. The van der Waals surface area contributed by atoms with Crippen LogP contribution in [0.4, 0.5) is 4.39 Å². The molecule has 2 nitrogen and oxygen atoms in total. The highest BCUT2D eigenvalue weighted by atomic mass is 19.1. The minimum absolute atomic E-state index is 0.162. The summed E-state index contributed by atoms with van der Waals surface area (Å²) in [6.07, 6.45) is 0.964. The smallest absolute Gasteiger partial charge is 0.126 e. The Morgan fingerprint density at radius 1 is 1.44 bits per heavy atom. The summed E-state index contributed by atoms with van der Waals surface area (Å²) in [5, 5.41) is 12.3. The molecule has 0 saturated carbocycles. The van der Waals surface area contributed by atoms with Crippen molar-refractivity contribution >= 4 is 0 Å². The summed E-state index contributed by atoms with van der Waals surface area (Å²) in [5.74, 6) is 0.145. The molecule has 0 aliphatic rings. The number of hydrogen-bond acceptors (Lipinski definition) is 2. The Hall–Kier alpha value is -0.930. The molecule has 0 aliphatic carbocycles. The van der Waals surface area contributed by atoms with Crippen molar-refractivity contribution in [2.45, 2.75) is 26.8 Å². The molecular formula is C13H20FNO. The maximum atomic E-state index is 13.0. The van der Waals surface area contributed by atoms with E-state index in [-0.39, 0.29) is 12.4 Å². The lowest BCUT2D eigenvalue weighted by Crippen LogP contribution is -2.24. The molecule has 2 N–H and O–H groups in total. The first-order chi connectivity index (χ1) is 7.67. The van der Waals surface area contributed by atoms with Crippen LogP contribution in [-0.4, -0.2) is 18.3 Å². The molecule has 3 heteroatoms. The Labute approximate surface area is 96.5 Å². The number of aryl methyl sites for hydroxylation is 1. The monoisotopic (exact) mass is 225 g/mol. The van der Waals surface area contributed by atoms with Gasteiger partial charge in [0.05, 0.1) is 0 Å². The second-order valence-corrected chi connectivity index (χ2v) is 4.17. The summed E-state index contributed by atoms with van der Waals surface area (Å²) >= 11 is 0. The first-order valence-corrected chi connectivity index (χ1v) is 5.74. The van der Waals surface area contributed by atoms with E-state index in [0.29, 0.717) is 11.5 Å². The van der Waals surface area contributed by atoms with E-state index in [9.17, 15) is 4.39 Å². The fraction of sp³-hybridized carbons (Fsp3) is 0.538. The third-order valence-electron chi connectivity index (χ3n) is 2.82. The molecule has 0 spiro atoms. The Morgan fingerprint density at radius 3 is 2.75 bits per heavy atom. The number of rotatable bonds is 6. The molecule has 0 heterocycles. The highest BCUT2D eigenvalue weighted by molar-refractivity contribution is 5.23. The van der Waals surface area contributed by atoms with E-state index in [2.05, 4.69) is 12.2 Å². The van der Waals surface area contributed by atoms with Gasteiger partial charge in [-0.15, -0.1) is 0 Å². The first kappa shape index (κ1) is 13.1. The number of nitrogens with one attached hydrogen (secondary N) is 1. The molecule has 1 aromatic rings. The zero-order valence-corrected chi connectivity index (χ0v) is 9.96. The molecule has 0 fully saturated rings. The van der Waals surface area contributed by atoms with Gasteiger partial charge in [-0.1, -0.05) is 19.1 Å². The van der Waals surface area contributed by atoms with Gasteiger partial charge in [-0.05, 0) is 36.5 Å². The topological polar surface area (TPSA) is 32.3 Å². The van der Waals surface area contributed by atoms with Crippen LogP contribution in [0.3, 0.4) is 0 Å². The van der Waals surface area contributed by atoms with Crippen LogP contribution in [0.1, 0.15) is 24.5 Å². The zero-order valence-electron chi connectivity index (χ0n) is 9.96. The Morgan fingerprint density at radius 2 is 2.19 bits per heavy atom. The van der Waals surface area contributed by atoms with Gasteiger partial charge in [0, 0.05) is 19.7 Å². The lowest BCUT2D eigenvalue weighted by Gasteiger charge is -2.12. The molecule has 0 radical (unpaired) electrons. The molecule has 90 valence electrons. The van der Waals surface area contributed by atoms with Crippen LogP contribution in [0.5, 0.6) is 0 Å². The Bertz CT molecular complexity index is 324. The van der Waals surface area contributed by atoms with Crippen molar-refractivity contribution in [3.8, 4) is 0 Å². The van der Waals surface area contributed by atoms with E-state index in [0.717, 1.165) is 25.1 Å². The van der Waals surface area contributed by atoms with E-state index in [1.54, 1.807) is 13.0 Å². The molecule has 1 rings (SSSR count). The van der Waals surface area contributed by atoms with Gasteiger partial charge in [-0.3, -0.25) is 0 Å². The molecule has 1 atom stereocenters. The van der Waals surface area contributed by atoms with Gasteiger partial charge in [-0.25, -0.2) is 4.39 Å².